The molecule has 9 nitrogen and oxygen atoms in total. The lowest BCUT2D eigenvalue weighted by Gasteiger charge is -2.31. The number of aliphatic hydroxyl groups excluding tert-OH is 3. The first-order valence-corrected chi connectivity index (χ1v) is 5.99. The number of ketones is 2. The molecular formula is C11H14N2O7. The van der Waals surface area contributed by atoms with Crippen molar-refractivity contribution in [2.75, 3.05) is 6.54 Å². The van der Waals surface area contributed by atoms with Crippen LogP contribution in [0, 0.1) is 0 Å². The van der Waals surface area contributed by atoms with Crippen LogP contribution in [0.25, 0.3) is 0 Å². The number of rotatable bonds is 0. The van der Waals surface area contributed by atoms with Crippen LogP contribution < -0.4 is 10.6 Å². The van der Waals surface area contributed by atoms with Gasteiger partial charge < -0.3 is 26.0 Å². The third-order valence-electron chi connectivity index (χ3n) is 3.50. The van der Waals surface area contributed by atoms with E-state index < -0.39 is 66.6 Å². The molecule has 2 aliphatic rings. The van der Waals surface area contributed by atoms with Crippen molar-refractivity contribution in [1.29, 1.82) is 0 Å². The Bertz CT molecular complexity index is 491. The first-order chi connectivity index (χ1) is 9.29. The average molecular weight is 286 g/mol. The Labute approximate surface area is 113 Å². The van der Waals surface area contributed by atoms with Crippen LogP contribution in [0.1, 0.15) is 12.8 Å². The average Bonchev–Trinajstić information content (AvgIpc) is 2.60. The zero-order valence-corrected chi connectivity index (χ0v) is 10.3. The fourth-order valence-corrected chi connectivity index (χ4v) is 2.40. The van der Waals surface area contributed by atoms with Crippen molar-refractivity contribution in [3.63, 3.8) is 0 Å². The third kappa shape index (κ3) is 2.09. The molecule has 20 heavy (non-hydrogen) atoms. The number of amides is 2. The fourth-order valence-electron chi connectivity index (χ4n) is 2.40. The van der Waals surface area contributed by atoms with Crippen LogP contribution in [0.15, 0.2) is 0 Å². The van der Waals surface area contributed by atoms with E-state index in [1.807, 2.05) is 0 Å². The van der Waals surface area contributed by atoms with Gasteiger partial charge in [-0.15, -0.1) is 0 Å². The van der Waals surface area contributed by atoms with E-state index in [1.54, 1.807) is 0 Å². The maximum Gasteiger partial charge on any atom is 0.249 e. The van der Waals surface area contributed by atoms with Gasteiger partial charge in [0.15, 0.2) is 17.1 Å². The van der Waals surface area contributed by atoms with E-state index in [4.69, 9.17) is 0 Å². The van der Waals surface area contributed by atoms with Gasteiger partial charge in [0.1, 0.15) is 18.3 Å². The number of hydrogen-bond donors (Lipinski definition) is 5. The van der Waals surface area contributed by atoms with E-state index in [0.717, 1.165) is 0 Å². The Balaban J connectivity index is 2.40. The molecule has 2 rings (SSSR count). The predicted octanol–water partition coefficient (Wildman–Crippen LogP) is -4.01. The number of Topliss-reactive ketones (excluding diaryl/α,β-unsaturated/α-hetero) is 2. The van der Waals surface area contributed by atoms with Gasteiger partial charge in [0.2, 0.25) is 11.8 Å². The molecule has 1 aliphatic heterocycles. The van der Waals surface area contributed by atoms with E-state index >= 15 is 0 Å². The van der Waals surface area contributed by atoms with Gasteiger partial charge in [-0.2, -0.15) is 0 Å². The number of β-amino-alcohol motifs (C(OH)–C–C–N with tert-alkyl or cyclic N) is 1. The maximum absolute atomic E-state index is 12.0. The molecule has 1 spiro atoms. The molecule has 4 atom stereocenters. The summed E-state index contributed by atoms with van der Waals surface area (Å²) in [7, 11) is 0. The quantitative estimate of drug-likeness (QED) is 0.284. The molecule has 1 saturated carbocycles. The molecule has 4 unspecified atom stereocenters. The number of carbonyl (C=O) groups is 4. The highest BCUT2D eigenvalue weighted by Gasteiger charge is 2.60. The second-order valence-electron chi connectivity index (χ2n) is 4.84. The van der Waals surface area contributed by atoms with Gasteiger partial charge >= 0.3 is 0 Å². The summed E-state index contributed by atoms with van der Waals surface area (Å²) in [6, 6.07) is 0. The molecule has 110 valence electrons. The number of aliphatic hydroxyl groups is 3. The highest BCUT2D eigenvalue weighted by atomic mass is 16.3. The normalized spacial score (nSPS) is 39.0. The smallest absolute Gasteiger partial charge is 0.249 e. The van der Waals surface area contributed by atoms with Gasteiger partial charge in [-0.05, 0) is 0 Å². The van der Waals surface area contributed by atoms with Crippen LogP contribution in [-0.4, -0.2) is 69.1 Å². The van der Waals surface area contributed by atoms with Gasteiger partial charge in [0.25, 0.3) is 0 Å². The predicted molar refractivity (Wildman–Crippen MR) is 61.2 cm³/mol. The highest BCUT2D eigenvalue weighted by molar-refractivity contribution is 6.21. The van der Waals surface area contributed by atoms with E-state index in [1.165, 1.54) is 0 Å². The van der Waals surface area contributed by atoms with Gasteiger partial charge in [-0.25, -0.2) is 0 Å². The minimum atomic E-state index is -2.27. The molecule has 0 aromatic heterocycles. The molecule has 1 saturated heterocycles. The second kappa shape index (κ2) is 4.93. The van der Waals surface area contributed by atoms with Crippen molar-refractivity contribution in [2.45, 2.75) is 36.7 Å². The van der Waals surface area contributed by atoms with E-state index in [-0.39, 0.29) is 0 Å². The minimum absolute atomic E-state index is 0.514. The first-order valence-electron chi connectivity index (χ1n) is 5.99. The SMILES string of the molecule is O=C1CC(O)C(=O)NCC(O)C2(N1)C(=O)CC(O)C2=O. The molecule has 1 heterocycles. The lowest BCUT2D eigenvalue weighted by Crippen LogP contribution is -2.66. The van der Waals surface area contributed by atoms with Crippen molar-refractivity contribution < 1.29 is 34.5 Å². The van der Waals surface area contributed by atoms with Crippen LogP contribution in [0.3, 0.4) is 0 Å². The number of hydrogen-bond acceptors (Lipinski definition) is 7. The standard InChI is InChI=1S/C11H14N2O7/c14-4-1-6(16)11(9(4)19)7(17)3-12-10(20)5(15)2-8(18)13-11/h4-5,7,14-15,17H,1-3H2,(H,12,20)(H,13,18). The summed E-state index contributed by atoms with van der Waals surface area (Å²) < 4.78 is 0. The summed E-state index contributed by atoms with van der Waals surface area (Å²) in [5.41, 5.74) is -2.27. The van der Waals surface area contributed by atoms with Crippen molar-refractivity contribution in [2.24, 2.45) is 0 Å². The van der Waals surface area contributed by atoms with Gasteiger partial charge in [0.05, 0.1) is 6.42 Å². The Hall–Kier alpha value is -1.84. The lowest BCUT2D eigenvalue weighted by molar-refractivity contribution is -0.144. The minimum Gasteiger partial charge on any atom is -0.388 e. The molecule has 0 radical (unpaired) electrons. The number of carbonyl (C=O) groups excluding carboxylic acids is 4. The Morgan fingerprint density at radius 1 is 1.00 bits per heavy atom. The fraction of sp³-hybridized carbons (Fsp3) is 0.636. The zero-order chi connectivity index (χ0) is 15.1. The molecule has 1 aliphatic carbocycles. The first kappa shape index (κ1) is 14.6. The van der Waals surface area contributed by atoms with Gasteiger partial charge in [-0.3, -0.25) is 19.2 Å². The summed E-state index contributed by atoms with van der Waals surface area (Å²) in [5, 5.41) is 33.1. The summed E-state index contributed by atoms with van der Waals surface area (Å²) in [5.74, 6) is -3.69. The van der Waals surface area contributed by atoms with Crippen molar-refractivity contribution in [3.8, 4) is 0 Å². The maximum atomic E-state index is 12.0. The number of nitrogens with one attached hydrogen (secondary N) is 2. The monoisotopic (exact) mass is 286 g/mol. The Morgan fingerprint density at radius 3 is 2.20 bits per heavy atom. The van der Waals surface area contributed by atoms with E-state index in [9.17, 15) is 34.5 Å². The summed E-state index contributed by atoms with van der Waals surface area (Å²) in [6.07, 6.45) is -6.16. The summed E-state index contributed by atoms with van der Waals surface area (Å²) >= 11 is 0. The topological polar surface area (TPSA) is 153 Å². The molecule has 2 amide bonds. The van der Waals surface area contributed by atoms with Crippen molar-refractivity contribution in [3.05, 3.63) is 0 Å². The molecule has 9 heteroatoms. The zero-order valence-electron chi connectivity index (χ0n) is 10.3. The molecule has 0 aromatic carbocycles. The molecular weight excluding hydrogens is 272 g/mol. The van der Waals surface area contributed by atoms with Crippen molar-refractivity contribution in [1.82, 2.24) is 10.6 Å². The van der Waals surface area contributed by atoms with E-state index in [2.05, 4.69) is 10.6 Å². The molecule has 0 aromatic rings. The largest absolute Gasteiger partial charge is 0.388 e. The van der Waals surface area contributed by atoms with Crippen LogP contribution in [0.2, 0.25) is 0 Å². The van der Waals surface area contributed by atoms with Crippen LogP contribution in [0.4, 0.5) is 0 Å². The Morgan fingerprint density at radius 2 is 1.65 bits per heavy atom. The Kier molecular flexibility index (Phi) is 3.59. The molecule has 0 bridgehead atoms. The van der Waals surface area contributed by atoms with Crippen molar-refractivity contribution >= 4 is 23.4 Å². The lowest BCUT2D eigenvalue weighted by atomic mass is 9.87. The molecule has 5 N–H and O–H groups in total. The van der Waals surface area contributed by atoms with Gasteiger partial charge in [0, 0.05) is 13.0 Å². The van der Waals surface area contributed by atoms with Crippen LogP contribution in [-0.2, 0) is 19.2 Å². The van der Waals surface area contributed by atoms with Gasteiger partial charge in [-0.1, -0.05) is 0 Å². The van der Waals surface area contributed by atoms with E-state index in [0.29, 0.717) is 0 Å². The second-order valence-corrected chi connectivity index (χ2v) is 4.84. The summed E-state index contributed by atoms with van der Waals surface area (Å²) in [4.78, 5) is 47.0. The third-order valence-corrected chi connectivity index (χ3v) is 3.50. The summed E-state index contributed by atoms with van der Waals surface area (Å²) in [6.45, 7) is -0.514. The van der Waals surface area contributed by atoms with Crippen LogP contribution in [0.5, 0.6) is 0 Å². The highest BCUT2D eigenvalue weighted by Crippen LogP contribution is 2.27. The molecule has 2 fully saturated rings. The van der Waals surface area contributed by atoms with Crippen LogP contribution >= 0.6 is 0 Å².